The number of benzene rings is 2. The minimum atomic E-state index is 0.0492. The molecule has 0 amide bonds. The van der Waals surface area contributed by atoms with E-state index in [0.29, 0.717) is 5.56 Å². The van der Waals surface area contributed by atoms with Crippen molar-refractivity contribution in [1.82, 2.24) is 4.98 Å². The Kier molecular flexibility index (Phi) is 3.86. The number of carbonyl (C=O) groups excluding carboxylic acids is 1. The number of fused-ring (bicyclic) bond motifs is 3. The van der Waals surface area contributed by atoms with Crippen molar-refractivity contribution in [2.45, 2.75) is 6.54 Å². The van der Waals surface area contributed by atoms with Crippen LogP contribution >= 0.6 is 0 Å². The lowest BCUT2D eigenvalue weighted by Crippen LogP contribution is -2.38. The van der Waals surface area contributed by atoms with E-state index in [1.807, 2.05) is 35.0 Å². The van der Waals surface area contributed by atoms with Gasteiger partial charge in [-0.2, -0.15) is 4.57 Å². The zero-order valence-electron chi connectivity index (χ0n) is 13.8. The number of hydrogen-bond donors (Lipinski definition) is 0. The fraction of sp³-hybridized carbons (Fsp3) is 0.0952. The molecule has 2 heterocycles. The number of rotatable bonds is 4. The van der Waals surface area contributed by atoms with Gasteiger partial charge < -0.3 is 4.74 Å². The van der Waals surface area contributed by atoms with E-state index >= 15 is 0 Å². The molecule has 4 nitrogen and oxygen atoms in total. The van der Waals surface area contributed by atoms with Gasteiger partial charge in [0.2, 0.25) is 17.8 Å². The van der Waals surface area contributed by atoms with Gasteiger partial charge in [-0.25, -0.2) is 4.98 Å². The molecule has 4 heteroatoms. The molecule has 0 radical (unpaired) electrons. The highest BCUT2D eigenvalue weighted by molar-refractivity contribution is 6.01. The van der Waals surface area contributed by atoms with E-state index in [2.05, 4.69) is 17.1 Å². The van der Waals surface area contributed by atoms with Gasteiger partial charge in [0.15, 0.2) is 6.20 Å². The number of aromatic nitrogens is 2. The topological polar surface area (TPSA) is 43.1 Å². The Labute approximate surface area is 145 Å². The highest BCUT2D eigenvalue weighted by atomic mass is 16.5. The van der Waals surface area contributed by atoms with Gasteiger partial charge in [-0.1, -0.05) is 12.1 Å². The highest BCUT2D eigenvalue weighted by Crippen LogP contribution is 2.20. The number of pyridine rings is 2. The third-order valence-electron chi connectivity index (χ3n) is 4.33. The van der Waals surface area contributed by atoms with Crippen LogP contribution in [0.5, 0.6) is 5.75 Å². The zero-order chi connectivity index (χ0) is 17.2. The first-order chi connectivity index (χ1) is 12.3. The Morgan fingerprint density at radius 1 is 1.00 bits per heavy atom. The standard InChI is InChI=1S/C21H17N2O2/c1-25-18-10-8-15(9-11-18)19(24)14-23-13-3-5-17-7-6-16-4-2-12-22-20(16)21(17)23/h2-13H,14H2,1H3/q+1. The van der Waals surface area contributed by atoms with Crippen LogP contribution in [0.3, 0.4) is 0 Å². The molecular formula is C21H17N2O2+. The molecule has 0 fully saturated rings. The van der Waals surface area contributed by atoms with Gasteiger partial charge in [-0.15, -0.1) is 0 Å². The maximum Gasteiger partial charge on any atom is 0.239 e. The third-order valence-corrected chi connectivity index (χ3v) is 4.33. The maximum atomic E-state index is 12.7. The Balaban J connectivity index is 1.78. The molecule has 4 aromatic rings. The van der Waals surface area contributed by atoms with E-state index in [9.17, 15) is 4.79 Å². The second kappa shape index (κ2) is 6.32. The molecule has 0 atom stereocenters. The summed E-state index contributed by atoms with van der Waals surface area (Å²) < 4.78 is 7.12. The minimum absolute atomic E-state index is 0.0492. The maximum absolute atomic E-state index is 12.7. The van der Waals surface area contributed by atoms with Crippen molar-refractivity contribution in [1.29, 1.82) is 0 Å². The summed E-state index contributed by atoms with van der Waals surface area (Å²) in [6, 6.07) is 19.3. The summed E-state index contributed by atoms with van der Waals surface area (Å²) in [4.78, 5) is 17.2. The Morgan fingerprint density at radius 2 is 1.76 bits per heavy atom. The van der Waals surface area contributed by atoms with Crippen molar-refractivity contribution in [3.63, 3.8) is 0 Å². The Morgan fingerprint density at radius 3 is 2.56 bits per heavy atom. The first-order valence-corrected chi connectivity index (χ1v) is 8.09. The van der Waals surface area contributed by atoms with Crippen LogP contribution in [0.4, 0.5) is 0 Å². The molecule has 25 heavy (non-hydrogen) atoms. The van der Waals surface area contributed by atoms with Crippen LogP contribution in [0.2, 0.25) is 0 Å². The minimum Gasteiger partial charge on any atom is -0.497 e. The van der Waals surface area contributed by atoms with Crippen LogP contribution < -0.4 is 9.30 Å². The van der Waals surface area contributed by atoms with E-state index in [0.717, 1.165) is 27.6 Å². The molecule has 0 aliphatic rings. The average molecular weight is 329 g/mol. The van der Waals surface area contributed by atoms with Crippen LogP contribution in [0.15, 0.2) is 73.1 Å². The smallest absolute Gasteiger partial charge is 0.239 e. The largest absolute Gasteiger partial charge is 0.497 e. The number of ether oxygens (including phenoxy) is 1. The molecular weight excluding hydrogens is 312 g/mol. The number of methoxy groups -OCH3 is 1. The van der Waals surface area contributed by atoms with Crippen LogP contribution in [-0.4, -0.2) is 17.9 Å². The summed E-state index contributed by atoms with van der Waals surface area (Å²) in [6.45, 7) is 0.263. The molecule has 0 saturated heterocycles. The first kappa shape index (κ1) is 15.3. The molecule has 0 unspecified atom stereocenters. The summed E-state index contributed by atoms with van der Waals surface area (Å²) in [5, 5.41) is 2.13. The summed E-state index contributed by atoms with van der Waals surface area (Å²) >= 11 is 0. The Hall–Kier alpha value is -3.27. The fourth-order valence-electron chi connectivity index (χ4n) is 3.06. The summed E-state index contributed by atoms with van der Waals surface area (Å²) in [7, 11) is 1.61. The summed E-state index contributed by atoms with van der Waals surface area (Å²) in [5.74, 6) is 0.789. The van der Waals surface area contributed by atoms with E-state index in [1.54, 1.807) is 37.6 Å². The van der Waals surface area contributed by atoms with Gasteiger partial charge in [0, 0.05) is 28.6 Å². The lowest BCUT2D eigenvalue weighted by molar-refractivity contribution is -0.656. The van der Waals surface area contributed by atoms with Crippen molar-refractivity contribution in [3.8, 4) is 5.75 Å². The van der Waals surface area contributed by atoms with E-state index in [1.165, 1.54) is 0 Å². The quantitative estimate of drug-likeness (QED) is 0.327. The van der Waals surface area contributed by atoms with Gasteiger partial charge in [-0.3, -0.25) is 4.79 Å². The fourth-order valence-corrected chi connectivity index (χ4v) is 3.06. The third kappa shape index (κ3) is 2.83. The zero-order valence-corrected chi connectivity index (χ0v) is 13.8. The normalized spacial score (nSPS) is 10.9. The van der Waals surface area contributed by atoms with Gasteiger partial charge in [0.05, 0.1) is 7.11 Å². The molecule has 0 N–H and O–H groups in total. The second-order valence-electron chi connectivity index (χ2n) is 5.87. The highest BCUT2D eigenvalue weighted by Gasteiger charge is 2.18. The van der Waals surface area contributed by atoms with E-state index in [4.69, 9.17) is 4.74 Å². The van der Waals surface area contributed by atoms with Crippen molar-refractivity contribution in [3.05, 3.63) is 78.6 Å². The van der Waals surface area contributed by atoms with Crippen LogP contribution in [0.1, 0.15) is 10.4 Å². The lowest BCUT2D eigenvalue weighted by atomic mass is 10.1. The Bertz CT molecular complexity index is 1070. The van der Waals surface area contributed by atoms with Crippen LogP contribution in [-0.2, 0) is 6.54 Å². The number of nitrogens with zero attached hydrogens (tertiary/aromatic N) is 2. The predicted molar refractivity (Wildman–Crippen MR) is 96.8 cm³/mol. The second-order valence-corrected chi connectivity index (χ2v) is 5.87. The number of hydrogen-bond acceptors (Lipinski definition) is 3. The molecule has 2 aromatic carbocycles. The first-order valence-electron chi connectivity index (χ1n) is 8.09. The van der Waals surface area contributed by atoms with Gasteiger partial charge in [-0.05, 0) is 42.5 Å². The number of carbonyl (C=O) groups is 1. The molecule has 0 aliphatic carbocycles. The van der Waals surface area contributed by atoms with Crippen LogP contribution in [0, 0.1) is 0 Å². The van der Waals surface area contributed by atoms with Crippen LogP contribution in [0.25, 0.3) is 21.8 Å². The number of Topliss-reactive ketones (excluding diaryl/α,β-unsaturated/α-hetero) is 1. The van der Waals surface area contributed by atoms with E-state index < -0.39 is 0 Å². The predicted octanol–water partition coefficient (Wildman–Crippen LogP) is 3.57. The van der Waals surface area contributed by atoms with E-state index in [-0.39, 0.29) is 12.3 Å². The SMILES string of the molecule is COc1ccc(C(=O)C[n+]2cccc3ccc4cccnc4c32)cc1. The lowest BCUT2D eigenvalue weighted by Gasteiger charge is -2.05. The molecule has 0 bridgehead atoms. The summed E-state index contributed by atoms with van der Waals surface area (Å²) in [6.07, 6.45) is 3.71. The molecule has 122 valence electrons. The van der Waals surface area contributed by atoms with Crippen molar-refractivity contribution in [2.24, 2.45) is 0 Å². The van der Waals surface area contributed by atoms with Crippen molar-refractivity contribution < 1.29 is 14.1 Å². The van der Waals surface area contributed by atoms with Crippen molar-refractivity contribution in [2.75, 3.05) is 7.11 Å². The molecule has 0 aliphatic heterocycles. The summed E-state index contributed by atoms with van der Waals surface area (Å²) in [5.41, 5.74) is 2.55. The molecule has 0 saturated carbocycles. The molecule has 0 spiro atoms. The van der Waals surface area contributed by atoms with Gasteiger partial charge in [0.1, 0.15) is 11.3 Å². The number of ketones is 1. The average Bonchev–Trinajstić information content (AvgIpc) is 2.68. The van der Waals surface area contributed by atoms with Gasteiger partial charge >= 0.3 is 0 Å². The van der Waals surface area contributed by atoms with Gasteiger partial charge in [0.25, 0.3) is 0 Å². The molecule has 4 rings (SSSR count). The molecule has 2 aromatic heterocycles. The monoisotopic (exact) mass is 329 g/mol. The van der Waals surface area contributed by atoms with Crippen molar-refractivity contribution >= 4 is 27.6 Å².